The summed E-state index contributed by atoms with van der Waals surface area (Å²) < 4.78 is 0. The van der Waals surface area contributed by atoms with Crippen LogP contribution in [-0.2, 0) is 6.42 Å². The molecule has 0 atom stereocenters. The Kier molecular flexibility index (Phi) is 5.08. The number of terminal acetylenes is 1. The molecular weight excluding hydrogens is 194 g/mol. The first kappa shape index (κ1) is 12.8. The van der Waals surface area contributed by atoms with Gasteiger partial charge in [0.1, 0.15) is 0 Å². The first-order valence-corrected chi connectivity index (χ1v) is 5.91. The van der Waals surface area contributed by atoms with Crippen LogP contribution in [0.4, 0.5) is 0 Å². The van der Waals surface area contributed by atoms with Gasteiger partial charge < -0.3 is 5.32 Å². The predicted octanol–water partition coefficient (Wildman–Crippen LogP) is 3.01. The summed E-state index contributed by atoms with van der Waals surface area (Å²) in [5.74, 6) is 2.74. The highest BCUT2D eigenvalue weighted by molar-refractivity contribution is 5.14. The van der Waals surface area contributed by atoms with Crippen LogP contribution < -0.4 is 5.32 Å². The van der Waals surface area contributed by atoms with Gasteiger partial charge in [-0.05, 0) is 45.2 Å². The van der Waals surface area contributed by atoms with Crippen molar-refractivity contribution in [1.29, 1.82) is 0 Å². The van der Waals surface area contributed by atoms with Gasteiger partial charge in [0.25, 0.3) is 0 Å². The third kappa shape index (κ3) is 5.00. The Morgan fingerprint density at radius 1 is 1.19 bits per heavy atom. The van der Waals surface area contributed by atoms with Crippen LogP contribution >= 0.6 is 0 Å². The average Bonchev–Trinajstić information content (AvgIpc) is 2.30. The molecule has 0 radical (unpaired) electrons. The van der Waals surface area contributed by atoms with Gasteiger partial charge in [0.15, 0.2) is 0 Å². The fraction of sp³-hybridized carbons (Fsp3) is 0.467. The molecule has 0 aliphatic heterocycles. The lowest BCUT2D eigenvalue weighted by Gasteiger charge is -2.19. The van der Waals surface area contributed by atoms with Gasteiger partial charge in [-0.25, -0.2) is 0 Å². The molecule has 0 amide bonds. The van der Waals surface area contributed by atoms with Gasteiger partial charge in [-0.15, -0.1) is 6.42 Å². The van der Waals surface area contributed by atoms with E-state index in [4.69, 9.17) is 6.42 Å². The van der Waals surface area contributed by atoms with Crippen molar-refractivity contribution < 1.29 is 0 Å². The molecule has 0 heterocycles. The van der Waals surface area contributed by atoms with E-state index in [9.17, 15) is 0 Å². The molecule has 1 aromatic carbocycles. The Bertz CT molecular complexity index is 332. The summed E-state index contributed by atoms with van der Waals surface area (Å²) in [4.78, 5) is 0. The Balaban J connectivity index is 2.12. The Morgan fingerprint density at radius 3 is 2.50 bits per heavy atom. The van der Waals surface area contributed by atoms with E-state index >= 15 is 0 Å². The number of aryl methyl sites for hydroxylation is 1. The minimum Gasteiger partial charge on any atom is -0.302 e. The van der Waals surface area contributed by atoms with Gasteiger partial charge in [-0.2, -0.15) is 0 Å². The Morgan fingerprint density at radius 2 is 1.88 bits per heavy atom. The van der Waals surface area contributed by atoms with Crippen LogP contribution in [0.3, 0.4) is 0 Å². The van der Waals surface area contributed by atoms with Crippen molar-refractivity contribution in [3.63, 3.8) is 0 Å². The van der Waals surface area contributed by atoms with E-state index in [0.29, 0.717) is 0 Å². The summed E-state index contributed by atoms with van der Waals surface area (Å²) in [6.45, 7) is 5.05. The molecular formula is C15H21N. The zero-order valence-electron chi connectivity index (χ0n) is 10.3. The molecule has 0 aliphatic rings. The molecule has 0 unspecified atom stereocenters. The number of hydrogen-bond donors (Lipinski definition) is 1. The van der Waals surface area contributed by atoms with Gasteiger partial charge in [0.2, 0.25) is 0 Å². The normalized spacial score (nSPS) is 11.1. The highest BCUT2D eigenvalue weighted by Gasteiger charge is 2.10. The van der Waals surface area contributed by atoms with Crippen molar-refractivity contribution >= 4 is 0 Å². The van der Waals surface area contributed by atoms with Crippen molar-refractivity contribution in [3.8, 4) is 12.3 Å². The summed E-state index contributed by atoms with van der Waals surface area (Å²) in [5.41, 5.74) is 1.24. The maximum Gasteiger partial charge on any atom is 0.0741 e. The summed E-state index contributed by atoms with van der Waals surface area (Å²) in [6.07, 6.45) is 8.92. The van der Waals surface area contributed by atoms with Crippen LogP contribution in [0.5, 0.6) is 0 Å². The van der Waals surface area contributed by atoms with E-state index in [1.807, 2.05) is 13.8 Å². The van der Waals surface area contributed by atoms with Gasteiger partial charge >= 0.3 is 0 Å². The van der Waals surface area contributed by atoms with E-state index in [2.05, 4.69) is 41.6 Å². The van der Waals surface area contributed by atoms with Gasteiger partial charge in [-0.3, -0.25) is 0 Å². The number of rotatable bonds is 6. The van der Waals surface area contributed by atoms with Crippen LogP contribution in [0.2, 0.25) is 0 Å². The molecule has 0 bridgehead atoms. The van der Waals surface area contributed by atoms with Crippen molar-refractivity contribution in [2.45, 2.75) is 38.6 Å². The summed E-state index contributed by atoms with van der Waals surface area (Å²) in [5, 5.41) is 3.36. The Labute approximate surface area is 99.3 Å². The van der Waals surface area contributed by atoms with Gasteiger partial charge in [0, 0.05) is 0 Å². The molecule has 1 aromatic rings. The van der Waals surface area contributed by atoms with Crippen molar-refractivity contribution in [2.75, 3.05) is 6.54 Å². The number of nitrogens with one attached hydrogen (secondary N) is 1. The van der Waals surface area contributed by atoms with Crippen LogP contribution in [0, 0.1) is 12.3 Å². The number of hydrogen-bond acceptors (Lipinski definition) is 1. The first-order chi connectivity index (χ1) is 7.64. The second-order valence-electron chi connectivity index (χ2n) is 4.64. The lowest BCUT2D eigenvalue weighted by Crippen LogP contribution is -2.38. The van der Waals surface area contributed by atoms with Crippen LogP contribution in [0.15, 0.2) is 30.3 Å². The second kappa shape index (κ2) is 6.35. The lowest BCUT2D eigenvalue weighted by molar-refractivity contribution is 0.478. The van der Waals surface area contributed by atoms with E-state index in [1.165, 1.54) is 18.4 Å². The Hall–Kier alpha value is -1.26. The maximum absolute atomic E-state index is 5.40. The van der Waals surface area contributed by atoms with E-state index in [-0.39, 0.29) is 5.54 Å². The van der Waals surface area contributed by atoms with Crippen molar-refractivity contribution in [2.24, 2.45) is 0 Å². The first-order valence-electron chi connectivity index (χ1n) is 5.91. The minimum absolute atomic E-state index is 0.174. The highest BCUT2D eigenvalue weighted by atomic mass is 14.9. The van der Waals surface area contributed by atoms with E-state index in [0.717, 1.165) is 13.0 Å². The molecule has 16 heavy (non-hydrogen) atoms. The summed E-state index contributed by atoms with van der Waals surface area (Å²) >= 11 is 0. The van der Waals surface area contributed by atoms with E-state index in [1.54, 1.807) is 0 Å². The molecule has 0 aromatic heterocycles. The van der Waals surface area contributed by atoms with Crippen molar-refractivity contribution in [3.05, 3.63) is 35.9 Å². The fourth-order valence-corrected chi connectivity index (χ4v) is 1.55. The molecule has 0 saturated carbocycles. The maximum atomic E-state index is 5.40. The highest BCUT2D eigenvalue weighted by Crippen LogP contribution is 2.05. The number of benzene rings is 1. The van der Waals surface area contributed by atoms with Gasteiger partial charge in [0.05, 0.1) is 5.54 Å². The minimum atomic E-state index is -0.174. The SMILES string of the molecule is C#CC(C)(C)NCCCCc1ccccc1. The zero-order chi connectivity index (χ0) is 11.9. The molecule has 1 N–H and O–H groups in total. The molecule has 86 valence electrons. The van der Waals surface area contributed by atoms with Crippen LogP contribution in [-0.4, -0.2) is 12.1 Å². The third-order valence-electron chi connectivity index (χ3n) is 2.66. The zero-order valence-corrected chi connectivity index (χ0v) is 10.3. The monoisotopic (exact) mass is 215 g/mol. The molecule has 0 saturated heterocycles. The largest absolute Gasteiger partial charge is 0.302 e. The smallest absolute Gasteiger partial charge is 0.0741 e. The summed E-state index contributed by atoms with van der Waals surface area (Å²) in [6, 6.07) is 10.6. The summed E-state index contributed by atoms with van der Waals surface area (Å²) in [7, 11) is 0. The fourth-order valence-electron chi connectivity index (χ4n) is 1.55. The number of unbranched alkanes of at least 4 members (excludes halogenated alkanes) is 1. The molecule has 1 heteroatoms. The van der Waals surface area contributed by atoms with Crippen molar-refractivity contribution in [1.82, 2.24) is 5.32 Å². The second-order valence-corrected chi connectivity index (χ2v) is 4.64. The van der Waals surface area contributed by atoms with Gasteiger partial charge in [-0.1, -0.05) is 36.3 Å². The molecule has 0 spiro atoms. The molecule has 1 rings (SSSR count). The third-order valence-corrected chi connectivity index (χ3v) is 2.66. The average molecular weight is 215 g/mol. The topological polar surface area (TPSA) is 12.0 Å². The predicted molar refractivity (Wildman–Crippen MR) is 70.3 cm³/mol. The lowest BCUT2D eigenvalue weighted by atomic mass is 10.1. The standard InChI is InChI=1S/C15H21N/c1-4-15(2,3)16-13-9-8-12-14-10-6-5-7-11-14/h1,5-7,10-11,16H,8-9,12-13H2,2-3H3. The molecule has 0 fully saturated rings. The van der Waals surface area contributed by atoms with Crippen LogP contribution in [0.25, 0.3) is 0 Å². The van der Waals surface area contributed by atoms with Crippen LogP contribution in [0.1, 0.15) is 32.3 Å². The molecule has 1 nitrogen and oxygen atoms in total. The van der Waals surface area contributed by atoms with E-state index < -0.39 is 0 Å². The molecule has 0 aliphatic carbocycles. The quantitative estimate of drug-likeness (QED) is 0.568.